The lowest BCUT2D eigenvalue weighted by Gasteiger charge is -2.26. The Bertz CT molecular complexity index is 3500. The molecule has 0 saturated carbocycles. The quantitative estimate of drug-likeness (QED) is 0.170. The molecule has 12 aromatic rings. The van der Waals surface area contributed by atoms with E-state index in [1.807, 2.05) is 24.3 Å². The van der Waals surface area contributed by atoms with E-state index in [9.17, 15) is 0 Å². The molecule has 0 radical (unpaired) electrons. The minimum atomic E-state index is 0.859. The molecule has 272 valence electrons. The number of fused-ring (bicyclic) bond motifs is 9. The Hall–Kier alpha value is -7.82. The van der Waals surface area contributed by atoms with Gasteiger partial charge in [-0.15, -0.1) is 0 Å². The van der Waals surface area contributed by atoms with Crippen molar-refractivity contribution < 1.29 is 8.83 Å². The van der Waals surface area contributed by atoms with E-state index in [0.717, 1.165) is 83.3 Å². The lowest BCUT2D eigenvalue weighted by molar-refractivity contribution is 0.668. The van der Waals surface area contributed by atoms with Gasteiger partial charge in [-0.25, -0.2) is 0 Å². The normalized spacial score (nSPS) is 11.8. The number of rotatable bonds is 6. The number of benzene rings is 9. The van der Waals surface area contributed by atoms with E-state index in [-0.39, 0.29) is 0 Å². The first-order valence-electron chi connectivity index (χ1n) is 19.7. The second-order valence-corrected chi connectivity index (χ2v) is 14.9. The van der Waals surface area contributed by atoms with Crippen LogP contribution in [0.2, 0.25) is 0 Å². The molecule has 0 aliphatic carbocycles. The first-order chi connectivity index (χ1) is 28.8. The predicted octanol–water partition coefficient (Wildman–Crippen LogP) is 15.4. The van der Waals surface area contributed by atoms with Crippen LogP contribution in [-0.2, 0) is 0 Å². The Kier molecular flexibility index (Phi) is 7.20. The molecule has 3 heterocycles. The van der Waals surface area contributed by atoms with Crippen molar-refractivity contribution in [1.82, 2.24) is 4.57 Å². The van der Waals surface area contributed by atoms with Gasteiger partial charge in [0.15, 0.2) is 0 Å². The molecule has 58 heavy (non-hydrogen) atoms. The third-order valence-corrected chi connectivity index (χ3v) is 11.6. The Labute approximate surface area is 334 Å². The van der Waals surface area contributed by atoms with Crippen LogP contribution >= 0.6 is 0 Å². The zero-order valence-electron chi connectivity index (χ0n) is 31.3. The lowest BCUT2D eigenvalue weighted by Crippen LogP contribution is -2.10. The second-order valence-electron chi connectivity index (χ2n) is 14.9. The van der Waals surface area contributed by atoms with Crippen LogP contribution in [0, 0.1) is 0 Å². The summed E-state index contributed by atoms with van der Waals surface area (Å²) in [7, 11) is 0. The van der Waals surface area contributed by atoms with Crippen molar-refractivity contribution >= 4 is 82.7 Å². The molecule has 0 saturated heterocycles. The first kappa shape index (κ1) is 32.4. The van der Waals surface area contributed by atoms with E-state index in [0.29, 0.717) is 0 Å². The number of anilines is 3. The SMILES string of the molecule is c1ccc(-n2c3ccccc3c3ccc(-c4ccc(N(c5ccc(-c6cccc7oc8ccccc8c67)cc5)c5cccc6oc7ccccc7c56)cc4)cc32)cc1. The summed E-state index contributed by atoms with van der Waals surface area (Å²) in [6.07, 6.45) is 0. The maximum Gasteiger partial charge on any atom is 0.137 e. The van der Waals surface area contributed by atoms with E-state index in [1.165, 1.54) is 27.4 Å². The largest absolute Gasteiger partial charge is 0.456 e. The summed E-state index contributed by atoms with van der Waals surface area (Å²) in [4.78, 5) is 2.35. The molecular weight excluding hydrogens is 709 g/mol. The van der Waals surface area contributed by atoms with Gasteiger partial charge in [0.2, 0.25) is 0 Å². The summed E-state index contributed by atoms with van der Waals surface area (Å²) in [6, 6.07) is 73.2. The summed E-state index contributed by atoms with van der Waals surface area (Å²) < 4.78 is 15.0. The Morgan fingerprint density at radius 3 is 1.60 bits per heavy atom. The van der Waals surface area contributed by atoms with E-state index >= 15 is 0 Å². The van der Waals surface area contributed by atoms with Crippen LogP contribution in [0.4, 0.5) is 17.1 Å². The van der Waals surface area contributed by atoms with Crippen LogP contribution in [0.5, 0.6) is 0 Å². The molecule has 0 unspecified atom stereocenters. The Morgan fingerprint density at radius 2 is 0.879 bits per heavy atom. The van der Waals surface area contributed by atoms with Gasteiger partial charge in [-0.1, -0.05) is 127 Å². The number of furan rings is 2. The van der Waals surface area contributed by atoms with Crippen molar-refractivity contribution in [1.29, 1.82) is 0 Å². The van der Waals surface area contributed by atoms with Crippen molar-refractivity contribution in [2.45, 2.75) is 0 Å². The fraction of sp³-hybridized carbons (Fsp3) is 0. The van der Waals surface area contributed by atoms with Gasteiger partial charge in [-0.05, 0) is 101 Å². The second kappa shape index (κ2) is 12.9. The fourth-order valence-corrected chi connectivity index (χ4v) is 8.98. The molecule has 4 nitrogen and oxygen atoms in total. The van der Waals surface area contributed by atoms with Crippen molar-refractivity contribution in [2.24, 2.45) is 0 Å². The zero-order chi connectivity index (χ0) is 38.2. The zero-order valence-corrected chi connectivity index (χ0v) is 31.3. The molecule has 0 N–H and O–H groups in total. The van der Waals surface area contributed by atoms with Crippen LogP contribution in [0.25, 0.3) is 93.6 Å². The fourth-order valence-electron chi connectivity index (χ4n) is 8.98. The van der Waals surface area contributed by atoms with Crippen molar-refractivity contribution in [3.05, 3.63) is 206 Å². The van der Waals surface area contributed by atoms with Gasteiger partial charge >= 0.3 is 0 Å². The van der Waals surface area contributed by atoms with Gasteiger partial charge in [-0.2, -0.15) is 0 Å². The Morgan fingerprint density at radius 1 is 0.345 bits per heavy atom. The van der Waals surface area contributed by atoms with Gasteiger partial charge < -0.3 is 18.3 Å². The summed E-state index contributed by atoms with van der Waals surface area (Å²) in [6.45, 7) is 0. The summed E-state index contributed by atoms with van der Waals surface area (Å²) in [5.74, 6) is 0. The molecule has 3 aromatic heterocycles. The molecule has 0 amide bonds. The molecular formula is C54H34N2O2. The number of hydrogen-bond donors (Lipinski definition) is 0. The van der Waals surface area contributed by atoms with Gasteiger partial charge in [-0.3, -0.25) is 0 Å². The highest BCUT2D eigenvalue weighted by Gasteiger charge is 2.21. The molecule has 4 heteroatoms. The van der Waals surface area contributed by atoms with Gasteiger partial charge in [0.05, 0.1) is 22.1 Å². The van der Waals surface area contributed by atoms with E-state index in [4.69, 9.17) is 8.83 Å². The van der Waals surface area contributed by atoms with Crippen LogP contribution in [0.1, 0.15) is 0 Å². The topological polar surface area (TPSA) is 34.5 Å². The smallest absolute Gasteiger partial charge is 0.137 e. The van der Waals surface area contributed by atoms with Crippen molar-refractivity contribution in [2.75, 3.05) is 4.90 Å². The van der Waals surface area contributed by atoms with Crippen LogP contribution < -0.4 is 4.90 Å². The summed E-state index contributed by atoms with van der Waals surface area (Å²) in [5.41, 5.74) is 14.8. The molecule has 0 aliphatic heterocycles. The molecule has 0 aliphatic rings. The maximum absolute atomic E-state index is 6.40. The predicted molar refractivity (Wildman–Crippen MR) is 241 cm³/mol. The van der Waals surface area contributed by atoms with Crippen LogP contribution in [-0.4, -0.2) is 4.57 Å². The third-order valence-electron chi connectivity index (χ3n) is 11.6. The van der Waals surface area contributed by atoms with Gasteiger partial charge in [0.1, 0.15) is 22.3 Å². The molecule has 0 fully saturated rings. The minimum Gasteiger partial charge on any atom is -0.456 e. The molecule has 12 rings (SSSR count). The van der Waals surface area contributed by atoms with Crippen LogP contribution in [0.15, 0.2) is 215 Å². The van der Waals surface area contributed by atoms with Crippen molar-refractivity contribution in [3.8, 4) is 27.9 Å². The minimum absolute atomic E-state index is 0.859. The number of aromatic nitrogens is 1. The highest BCUT2D eigenvalue weighted by atomic mass is 16.3. The monoisotopic (exact) mass is 742 g/mol. The highest BCUT2D eigenvalue weighted by molar-refractivity contribution is 6.15. The first-order valence-corrected chi connectivity index (χ1v) is 19.7. The molecule has 0 spiro atoms. The highest BCUT2D eigenvalue weighted by Crippen LogP contribution is 2.45. The summed E-state index contributed by atoms with van der Waals surface area (Å²) >= 11 is 0. The van der Waals surface area contributed by atoms with E-state index in [2.05, 4.69) is 191 Å². The van der Waals surface area contributed by atoms with Gasteiger partial charge in [0.25, 0.3) is 0 Å². The molecule has 0 bridgehead atoms. The third kappa shape index (κ3) is 5.02. The molecule has 0 atom stereocenters. The number of hydrogen-bond acceptors (Lipinski definition) is 3. The molecule has 9 aromatic carbocycles. The number of para-hydroxylation sites is 4. The number of nitrogens with zero attached hydrogens (tertiary/aromatic N) is 2. The average Bonchev–Trinajstić information content (AvgIpc) is 3.97. The maximum atomic E-state index is 6.40. The summed E-state index contributed by atoms with van der Waals surface area (Å²) in [5, 5.41) is 6.92. The van der Waals surface area contributed by atoms with E-state index < -0.39 is 0 Å². The van der Waals surface area contributed by atoms with Gasteiger partial charge in [0, 0.05) is 44.0 Å². The van der Waals surface area contributed by atoms with Crippen molar-refractivity contribution in [3.63, 3.8) is 0 Å². The van der Waals surface area contributed by atoms with Crippen LogP contribution in [0.3, 0.4) is 0 Å². The average molecular weight is 743 g/mol. The standard InChI is InChI=1S/C54H34N2O2/c1-2-12-38(13-3-1)56-46-18-7-4-14-42(46)43-33-28-37(34-48(43)56)35-24-29-39(30-25-35)55(47-19-11-23-52-54(47)45-16-6-9-21-50(45)58-52)40-31-26-36(27-32-40)41-17-10-22-51-53(41)44-15-5-8-20-49(44)57-51/h1-34H. The van der Waals surface area contributed by atoms with E-state index in [1.54, 1.807) is 0 Å². The Balaban J connectivity index is 0.997. The lowest BCUT2D eigenvalue weighted by atomic mass is 9.98.